The minimum absolute atomic E-state index is 0.104. The van der Waals surface area contributed by atoms with Gasteiger partial charge in [-0.05, 0) is 49.4 Å². The highest BCUT2D eigenvalue weighted by atomic mass is 31.2. The van der Waals surface area contributed by atoms with Crippen LogP contribution in [0, 0.1) is 23.7 Å². The first-order valence-corrected chi connectivity index (χ1v) is 37.7. The number of carbonyl (C=O) groups is 4. The fraction of sp³-hybridized carbons (Fsp3) is 0.940. The number of aliphatic hydroxyl groups is 1. The van der Waals surface area contributed by atoms with Crippen molar-refractivity contribution in [3.63, 3.8) is 0 Å². The van der Waals surface area contributed by atoms with Gasteiger partial charge in [0.2, 0.25) is 0 Å². The van der Waals surface area contributed by atoms with Crippen LogP contribution in [0.5, 0.6) is 0 Å². The molecular weight excluding hydrogens is 1140 g/mol. The zero-order valence-electron chi connectivity index (χ0n) is 55.9. The number of unbranched alkanes of at least 4 members (excludes halogenated alkanes) is 30. The zero-order valence-corrected chi connectivity index (χ0v) is 57.7. The van der Waals surface area contributed by atoms with Crippen molar-refractivity contribution in [1.29, 1.82) is 0 Å². The van der Waals surface area contributed by atoms with Gasteiger partial charge in [0, 0.05) is 25.7 Å². The van der Waals surface area contributed by atoms with E-state index in [-0.39, 0.29) is 25.7 Å². The Morgan fingerprint density at radius 3 is 0.721 bits per heavy atom. The molecule has 0 heterocycles. The predicted molar refractivity (Wildman–Crippen MR) is 344 cm³/mol. The molecule has 0 rings (SSSR count). The summed E-state index contributed by atoms with van der Waals surface area (Å²) in [4.78, 5) is 72.4. The maximum Gasteiger partial charge on any atom is 0.472 e. The van der Waals surface area contributed by atoms with Crippen LogP contribution in [0.2, 0.25) is 0 Å². The van der Waals surface area contributed by atoms with E-state index in [4.69, 9.17) is 37.0 Å². The van der Waals surface area contributed by atoms with E-state index in [1.54, 1.807) is 0 Å². The van der Waals surface area contributed by atoms with Crippen LogP contribution in [0.1, 0.15) is 325 Å². The maximum atomic E-state index is 13.0. The van der Waals surface area contributed by atoms with Gasteiger partial charge < -0.3 is 33.8 Å². The Balaban J connectivity index is 5.25. The molecule has 0 aliphatic rings. The number of aliphatic hydroxyl groups excluding tert-OH is 1. The number of hydrogen-bond donors (Lipinski definition) is 3. The van der Waals surface area contributed by atoms with Crippen LogP contribution in [-0.4, -0.2) is 96.7 Å². The lowest BCUT2D eigenvalue weighted by Gasteiger charge is -2.21. The molecule has 0 saturated heterocycles. The number of hydrogen-bond acceptors (Lipinski definition) is 15. The molecule has 0 aliphatic heterocycles. The van der Waals surface area contributed by atoms with Crippen LogP contribution in [0.25, 0.3) is 0 Å². The van der Waals surface area contributed by atoms with E-state index < -0.39 is 97.5 Å². The van der Waals surface area contributed by atoms with E-state index >= 15 is 0 Å². The third-order valence-corrected chi connectivity index (χ3v) is 17.2. The van der Waals surface area contributed by atoms with E-state index in [1.807, 2.05) is 0 Å². The summed E-state index contributed by atoms with van der Waals surface area (Å²) < 4.78 is 68.1. The summed E-state index contributed by atoms with van der Waals surface area (Å²) in [5, 5.41) is 10.6. The van der Waals surface area contributed by atoms with E-state index in [0.29, 0.717) is 31.6 Å². The highest BCUT2D eigenvalue weighted by Crippen LogP contribution is 2.45. The third kappa shape index (κ3) is 60.9. The normalized spacial score (nSPS) is 14.4. The zero-order chi connectivity index (χ0) is 63.9. The first-order valence-electron chi connectivity index (χ1n) is 34.7. The number of rotatable bonds is 64. The van der Waals surface area contributed by atoms with Gasteiger partial charge in [-0.3, -0.25) is 37.3 Å². The van der Waals surface area contributed by atoms with Gasteiger partial charge in [-0.2, -0.15) is 0 Å². The van der Waals surface area contributed by atoms with Gasteiger partial charge in [0.15, 0.2) is 12.2 Å². The van der Waals surface area contributed by atoms with E-state index in [2.05, 4.69) is 55.4 Å². The average molecular weight is 1270 g/mol. The van der Waals surface area contributed by atoms with Crippen molar-refractivity contribution in [2.75, 3.05) is 39.6 Å². The molecule has 0 aromatic carbocycles. The van der Waals surface area contributed by atoms with Gasteiger partial charge in [-0.1, -0.05) is 274 Å². The molecule has 0 radical (unpaired) electrons. The molecular formula is C67H130O17P2. The quantitative estimate of drug-likeness (QED) is 0.0222. The molecule has 0 aromatic rings. The Morgan fingerprint density at radius 1 is 0.291 bits per heavy atom. The number of ether oxygens (including phenoxy) is 4. The average Bonchev–Trinajstić information content (AvgIpc) is 3.56. The molecule has 0 aromatic heterocycles. The second kappa shape index (κ2) is 57.0. The molecule has 17 nitrogen and oxygen atoms in total. The highest BCUT2D eigenvalue weighted by molar-refractivity contribution is 7.47. The Morgan fingerprint density at radius 2 is 0.488 bits per heavy atom. The van der Waals surface area contributed by atoms with Gasteiger partial charge in [-0.25, -0.2) is 9.13 Å². The molecule has 0 saturated carbocycles. The summed E-state index contributed by atoms with van der Waals surface area (Å²) in [6, 6.07) is 0. The standard InChI is InChI=1S/C67H130O17P2/c1-57(2)43-35-27-19-12-9-10-14-23-31-39-47-64(69)77-53-62(84-67(72)50-42-34-25-17-16-21-29-37-45-59(5)6)55-81-85(73,74)79-51-61(68)52-80-86(75,76)82-56-63(54-78-65(70)48-40-32-26-18-22-30-38-46-60(7)8)83-66(71)49-41-33-24-15-11-13-20-28-36-44-58(3)4/h57-63,68H,9-56H2,1-8H3,(H,73,74)(H,75,76)/t61?,62-,63-/m1/s1. The number of carbonyl (C=O) groups excluding carboxylic acids is 4. The second-order valence-corrected chi connectivity index (χ2v) is 29.0. The molecule has 86 heavy (non-hydrogen) atoms. The van der Waals surface area contributed by atoms with Crippen molar-refractivity contribution >= 4 is 39.5 Å². The maximum absolute atomic E-state index is 13.0. The van der Waals surface area contributed by atoms with Crippen molar-refractivity contribution in [2.45, 2.75) is 343 Å². The molecule has 0 bridgehead atoms. The molecule has 0 fully saturated rings. The minimum Gasteiger partial charge on any atom is -0.462 e. The minimum atomic E-state index is -4.95. The van der Waals surface area contributed by atoms with Crippen LogP contribution < -0.4 is 0 Å². The summed E-state index contributed by atoms with van der Waals surface area (Å²) in [6.45, 7) is 14.0. The van der Waals surface area contributed by atoms with Crippen LogP contribution in [0.15, 0.2) is 0 Å². The predicted octanol–water partition coefficient (Wildman–Crippen LogP) is 18.5. The SMILES string of the molecule is CC(C)CCCCCCCCCCCCC(=O)OC[C@H](COP(=O)(O)OCC(O)COP(=O)(O)OC[C@@H](COC(=O)CCCCCCCCCC(C)C)OC(=O)CCCCCCCCCCCC(C)C)OC(=O)CCCCCCCCCCC(C)C. The summed E-state index contributed by atoms with van der Waals surface area (Å²) >= 11 is 0. The monoisotopic (exact) mass is 1270 g/mol. The Kier molecular flexibility index (Phi) is 55.7. The van der Waals surface area contributed by atoms with Crippen LogP contribution in [-0.2, 0) is 65.4 Å². The highest BCUT2D eigenvalue weighted by Gasteiger charge is 2.30. The lowest BCUT2D eigenvalue weighted by atomic mass is 10.0. The Bertz CT molecular complexity index is 1710. The smallest absolute Gasteiger partial charge is 0.462 e. The number of phosphoric acid groups is 2. The lowest BCUT2D eigenvalue weighted by molar-refractivity contribution is -0.161. The molecule has 5 atom stereocenters. The Labute approximate surface area is 524 Å². The van der Waals surface area contributed by atoms with E-state index in [1.165, 1.54) is 122 Å². The van der Waals surface area contributed by atoms with Crippen LogP contribution >= 0.6 is 15.6 Å². The summed E-state index contributed by atoms with van der Waals surface area (Å²) in [6.07, 6.45) is 37.7. The summed E-state index contributed by atoms with van der Waals surface area (Å²) in [5.74, 6) is 0.782. The van der Waals surface area contributed by atoms with E-state index in [0.717, 1.165) is 114 Å². The summed E-state index contributed by atoms with van der Waals surface area (Å²) in [7, 11) is -9.90. The largest absolute Gasteiger partial charge is 0.472 e. The summed E-state index contributed by atoms with van der Waals surface area (Å²) in [5.41, 5.74) is 0. The van der Waals surface area contributed by atoms with Crippen molar-refractivity contribution in [3.05, 3.63) is 0 Å². The topological polar surface area (TPSA) is 237 Å². The van der Waals surface area contributed by atoms with Crippen molar-refractivity contribution < 1.29 is 80.2 Å². The molecule has 3 N–H and O–H groups in total. The fourth-order valence-electron chi connectivity index (χ4n) is 9.96. The van der Waals surface area contributed by atoms with Gasteiger partial charge in [-0.15, -0.1) is 0 Å². The molecule has 3 unspecified atom stereocenters. The molecule has 0 aliphatic carbocycles. The van der Waals surface area contributed by atoms with Crippen LogP contribution in [0.3, 0.4) is 0 Å². The molecule has 0 amide bonds. The fourth-order valence-corrected chi connectivity index (χ4v) is 11.5. The van der Waals surface area contributed by atoms with Crippen molar-refractivity contribution in [1.82, 2.24) is 0 Å². The van der Waals surface area contributed by atoms with Crippen molar-refractivity contribution in [2.24, 2.45) is 23.7 Å². The first-order chi connectivity index (χ1) is 41.1. The molecule has 19 heteroatoms. The van der Waals surface area contributed by atoms with Crippen molar-refractivity contribution in [3.8, 4) is 0 Å². The van der Waals surface area contributed by atoms with Gasteiger partial charge in [0.1, 0.15) is 19.3 Å². The van der Waals surface area contributed by atoms with Gasteiger partial charge >= 0.3 is 39.5 Å². The lowest BCUT2D eigenvalue weighted by Crippen LogP contribution is -2.30. The Hall–Kier alpha value is -1.94. The van der Waals surface area contributed by atoms with E-state index in [9.17, 15) is 43.2 Å². The third-order valence-electron chi connectivity index (χ3n) is 15.3. The van der Waals surface area contributed by atoms with Gasteiger partial charge in [0.05, 0.1) is 26.4 Å². The number of esters is 4. The molecule has 0 spiro atoms. The van der Waals surface area contributed by atoms with Crippen LogP contribution in [0.4, 0.5) is 0 Å². The number of phosphoric ester groups is 2. The molecule has 510 valence electrons. The van der Waals surface area contributed by atoms with Gasteiger partial charge in [0.25, 0.3) is 0 Å². The second-order valence-electron chi connectivity index (χ2n) is 26.1. The first kappa shape index (κ1) is 84.1.